The van der Waals surface area contributed by atoms with Crippen molar-refractivity contribution < 1.29 is 29.3 Å². The van der Waals surface area contributed by atoms with Crippen LogP contribution in [0.25, 0.3) is 0 Å². The number of hydrogen-bond acceptors (Lipinski definition) is 4. The first-order valence-electron chi connectivity index (χ1n) is 6.82. The molecule has 2 unspecified atom stereocenters. The van der Waals surface area contributed by atoms with Crippen molar-refractivity contribution in [2.45, 2.75) is 46.1 Å². The van der Waals surface area contributed by atoms with Crippen LogP contribution in [-0.2, 0) is 19.1 Å². The molecule has 0 aliphatic carbocycles. The molecule has 0 aromatic rings. The van der Waals surface area contributed by atoms with Gasteiger partial charge in [-0.1, -0.05) is 13.8 Å². The van der Waals surface area contributed by atoms with Crippen molar-refractivity contribution in [2.75, 3.05) is 0 Å². The minimum Gasteiger partial charge on any atom is -0.481 e. The second kappa shape index (κ2) is 6.03. The molecule has 0 bridgehead atoms. The van der Waals surface area contributed by atoms with Gasteiger partial charge in [-0.25, -0.2) is 0 Å². The number of esters is 1. The number of carboxylic acids is 2. The Morgan fingerprint density at radius 3 is 2.24 bits per heavy atom. The summed E-state index contributed by atoms with van der Waals surface area (Å²) in [6.07, 6.45) is 2.57. The Kier molecular flexibility index (Phi) is 5.02. The SMILES string of the molecule is CC(C)(C[CH]C(=O)O)C1C(C[CH]C(=O)O)C(=O)OC1(C)C. The highest BCUT2D eigenvalue weighted by Crippen LogP contribution is 2.50. The largest absolute Gasteiger partial charge is 0.481 e. The number of carbonyl (C=O) groups excluding carboxylic acids is 1. The fraction of sp³-hybridized carbons (Fsp3) is 0.667. The smallest absolute Gasteiger partial charge is 0.309 e. The zero-order valence-corrected chi connectivity index (χ0v) is 12.8. The molecule has 0 saturated carbocycles. The van der Waals surface area contributed by atoms with E-state index >= 15 is 0 Å². The minimum atomic E-state index is -1.08. The van der Waals surface area contributed by atoms with Gasteiger partial charge < -0.3 is 14.9 Å². The van der Waals surface area contributed by atoms with Crippen LogP contribution in [0.2, 0.25) is 0 Å². The van der Waals surface area contributed by atoms with E-state index in [1.807, 2.05) is 13.8 Å². The van der Waals surface area contributed by atoms with Gasteiger partial charge in [0.15, 0.2) is 0 Å². The van der Waals surface area contributed by atoms with E-state index in [2.05, 4.69) is 0 Å². The lowest BCUT2D eigenvalue weighted by molar-refractivity contribution is -0.149. The topological polar surface area (TPSA) is 101 Å². The maximum absolute atomic E-state index is 12.0. The third-order valence-corrected chi connectivity index (χ3v) is 4.01. The highest BCUT2D eigenvalue weighted by Gasteiger charge is 2.55. The summed E-state index contributed by atoms with van der Waals surface area (Å²) < 4.78 is 5.39. The number of carboxylic acid groups (broad SMARTS) is 2. The van der Waals surface area contributed by atoms with Gasteiger partial charge in [-0.2, -0.15) is 0 Å². The molecule has 1 fully saturated rings. The number of hydrogen-bond donors (Lipinski definition) is 2. The fourth-order valence-electron chi connectivity index (χ4n) is 3.44. The zero-order valence-electron chi connectivity index (χ0n) is 12.8. The molecule has 1 heterocycles. The van der Waals surface area contributed by atoms with E-state index in [0.29, 0.717) is 0 Å². The molecule has 6 nitrogen and oxygen atoms in total. The molecule has 0 aromatic carbocycles. The van der Waals surface area contributed by atoms with Crippen molar-refractivity contribution in [1.29, 1.82) is 0 Å². The molecule has 118 valence electrons. The summed E-state index contributed by atoms with van der Waals surface area (Å²) in [5.74, 6) is -3.37. The fourth-order valence-corrected chi connectivity index (χ4v) is 3.44. The Bertz CT molecular complexity index is 437. The molecule has 0 spiro atoms. The highest BCUT2D eigenvalue weighted by atomic mass is 16.6. The lowest BCUT2D eigenvalue weighted by Gasteiger charge is -2.40. The molecule has 21 heavy (non-hydrogen) atoms. The van der Waals surface area contributed by atoms with E-state index < -0.39 is 34.8 Å². The second-order valence-corrected chi connectivity index (χ2v) is 6.62. The Morgan fingerprint density at radius 2 is 1.76 bits per heavy atom. The average Bonchev–Trinajstić information content (AvgIpc) is 2.53. The van der Waals surface area contributed by atoms with Crippen LogP contribution in [0, 0.1) is 30.1 Å². The van der Waals surface area contributed by atoms with Crippen LogP contribution in [-0.4, -0.2) is 33.7 Å². The van der Waals surface area contributed by atoms with Gasteiger partial charge in [0, 0.05) is 5.92 Å². The standard InChI is InChI=1S/C15H22O6/c1-14(2,8-7-11(18)19)12-9(5-6-10(16)17)13(20)21-15(12,3)4/h6-7,9,12H,5,8H2,1-4H3,(H,16,17)(H,18,19). The summed E-state index contributed by atoms with van der Waals surface area (Å²) in [5, 5.41) is 17.6. The summed E-state index contributed by atoms with van der Waals surface area (Å²) >= 11 is 0. The van der Waals surface area contributed by atoms with Crippen LogP contribution < -0.4 is 0 Å². The van der Waals surface area contributed by atoms with Gasteiger partial charge in [0.1, 0.15) is 5.60 Å². The van der Waals surface area contributed by atoms with Crippen LogP contribution >= 0.6 is 0 Å². The van der Waals surface area contributed by atoms with Crippen molar-refractivity contribution in [2.24, 2.45) is 17.3 Å². The van der Waals surface area contributed by atoms with Gasteiger partial charge >= 0.3 is 17.9 Å². The van der Waals surface area contributed by atoms with Gasteiger partial charge in [-0.15, -0.1) is 0 Å². The summed E-state index contributed by atoms with van der Waals surface area (Å²) in [6.45, 7) is 7.29. The van der Waals surface area contributed by atoms with E-state index in [9.17, 15) is 14.4 Å². The molecule has 1 saturated heterocycles. The maximum atomic E-state index is 12.0. The molecule has 6 heteroatoms. The van der Waals surface area contributed by atoms with Crippen molar-refractivity contribution in [3.8, 4) is 0 Å². The molecule has 2 N–H and O–H groups in total. The van der Waals surface area contributed by atoms with Crippen molar-refractivity contribution in [3.63, 3.8) is 0 Å². The maximum Gasteiger partial charge on any atom is 0.309 e. The normalized spacial score (nSPS) is 24.7. The van der Waals surface area contributed by atoms with E-state index in [0.717, 1.165) is 12.8 Å². The van der Waals surface area contributed by atoms with Crippen LogP contribution in [0.4, 0.5) is 0 Å². The first-order chi connectivity index (χ1) is 9.47. The molecule has 1 rings (SSSR count). The lowest BCUT2D eigenvalue weighted by Crippen LogP contribution is -2.41. The van der Waals surface area contributed by atoms with Crippen LogP contribution in [0.15, 0.2) is 0 Å². The van der Waals surface area contributed by atoms with Gasteiger partial charge in [0.2, 0.25) is 0 Å². The van der Waals surface area contributed by atoms with Crippen LogP contribution in [0.3, 0.4) is 0 Å². The number of carbonyl (C=O) groups is 3. The molecule has 1 aliphatic heterocycles. The third-order valence-electron chi connectivity index (χ3n) is 4.01. The van der Waals surface area contributed by atoms with Crippen LogP contribution in [0.5, 0.6) is 0 Å². The second-order valence-electron chi connectivity index (χ2n) is 6.62. The van der Waals surface area contributed by atoms with Gasteiger partial charge in [-0.05, 0) is 32.1 Å². The van der Waals surface area contributed by atoms with Crippen molar-refractivity contribution in [3.05, 3.63) is 12.8 Å². The predicted octanol–water partition coefficient (Wildman–Crippen LogP) is 1.94. The Hall–Kier alpha value is -1.59. The highest BCUT2D eigenvalue weighted by molar-refractivity contribution is 5.80. The summed E-state index contributed by atoms with van der Waals surface area (Å²) in [6, 6.07) is 0. The van der Waals surface area contributed by atoms with Crippen molar-refractivity contribution >= 4 is 17.9 Å². The quantitative estimate of drug-likeness (QED) is 0.696. The third kappa shape index (κ3) is 4.19. The van der Waals surface area contributed by atoms with Gasteiger partial charge in [0.05, 0.1) is 18.8 Å². The van der Waals surface area contributed by atoms with Gasteiger partial charge in [0.25, 0.3) is 0 Å². The number of cyclic esters (lactones) is 1. The number of rotatable bonds is 7. The summed E-state index contributed by atoms with van der Waals surface area (Å²) in [7, 11) is 0. The predicted molar refractivity (Wildman–Crippen MR) is 74.0 cm³/mol. The molecule has 1 aliphatic rings. The molecule has 0 amide bonds. The summed E-state index contributed by atoms with van der Waals surface area (Å²) in [4.78, 5) is 33.5. The van der Waals surface area contributed by atoms with E-state index in [-0.39, 0.29) is 18.8 Å². The first kappa shape index (κ1) is 17.5. The number of aliphatic carboxylic acids is 2. The number of ether oxygens (including phenoxy) is 1. The average molecular weight is 298 g/mol. The van der Waals surface area contributed by atoms with E-state index in [4.69, 9.17) is 14.9 Å². The Balaban J connectivity index is 2.97. The first-order valence-corrected chi connectivity index (χ1v) is 6.82. The minimum absolute atomic E-state index is 0.0821. The molecule has 2 radical (unpaired) electrons. The Morgan fingerprint density at radius 1 is 1.24 bits per heavy atom. The van der Waals surface area contributed by atoms with Gasteiger partial charge in [-0.3, -0.25) is 14.4 Å². The van der Waals surface area contributed by atoms with Crippen molar-refractivity contribution in [1.82, 2.24) is 0 Å². The monoisotopic (exact) mass is 298 g/mol. The Labute approximate surface area is 124 Å². The van der Waals surface area contributed by atoms with E-state index in [1.165, 1.54) is 0 Å². The van der Waals surface area contributed by atoms with E-state index in [1.54, 1.807) is 13.8 Å². The zero-order chi connectivity index (χ0) is 16.4. The molecular weight excluding hydrogens is 276 g/mol. The summed E-state index contributed by atoms with van der Waals surface area (Å²) in [5.41, 5.74) is -1.27. The molecular formula is C15H22O6. The lowest BCUT2D eigenvalue weighted by atomic mass is 9.63. The molecule has 2 atom stereocenters. The molecule has 0 aromatic heterocycles. The van der Waals surface area contributed by atoms with Crippen LogP contribution in [0.1, 0.15) is 40.5 Å².